The van der Waals surface area contributed by atoms with Gasteiger partial charge in [0.05, 0.1) is 11.3 Å². The first-order chi connectivity index (χ1) is 13.8. The number of carbonyl (C=O) groups excluding carboxylic acids is 1. The highest BCUT2D eigenvalue weighted by Gasteiger charge is 2.32. The van der Waals surface area contributed by atoms with Crippen LogP contribution in [0.15, 0.2) is 35.2 Å². The number of carbonyl (C=O) groups is 1. The third-order valence-electron chi connectivity index (χ3n) is 5.56. The molecule has 0 bridgehead atoms. The average Bonchev–Trinajstić information content (AvgIpc) is 3.20. The Morgan fingerprint density at radius 3 is 2.45 bits per heavy atom. The summed E-state index contributed by atoms with van der Waals surface area (Å²) in [7, 11) is -3.51. The average molecular weight is 432 g/mol. The molecule has 1 aliphatic heterocycles. The van der Waals surface area contributed by atoms with Crippen LogP contribution in [0.5, 0.6) is 0 Å². The summed E-state index contributed by atoms with van der Waals surface area (Å²) in [6, 6.07) is 9.72. The first-order valence-corrected chi connectivity index (χ1v) is 11.9. The molecule has 0 unspecified atom stereocenters. The number of fused-ring (bicyclic) bond motifs is 1. The third kappa shape index (κ3) is 3.72. The molecule has 4 rings (SSSR count). The largest absolute Gasteiger partial charge is 0.358 e. The monoisotopic (exact) mass is 431 g/mol. The summed E-state index contributed by atoms with van der Waals surface area (Å²) in [5, 5.41) is 1.07. The summed E-state index contributed by atoms with van der Waals surface area (Å²) in [5.74, 6) is 0.0393. The van der Waals surface area contributed by atoms with E-state index in [0.29, 0.717) is 37.5 Å². The van der Waals surface area contributed by atoms with Gasteiger partial charge in [-0.3, -0.25) is 4.79 Å². The summed E-state index contributed by atoms with van der Waals surface area (Å²) in [5.41, 5.74) is 3.05. The van der Waals surface area contributed by atoms with E-state index in [9.17, 15) is 13.2 Å². The van der Waals surface area contributed by atoms with Crippen LogP contribution in [0.3, 0.4) is 0 Å². The van der Waals surface area contributed by atoms with Gasteiger partial charge in [-0.25, -0.2) is 8.42 Å². The Morgan fingerprint density at radius 2 is 1.79 bits per heavy atom. The van der Waals surface area contributed by atoms with Gasteiger partial charge in [0, 0.05) is 52.5 Å². The highest BCUT2D eigenvalue weighted by Crippen LogP contribution is 2.28. The number of aromatic nitrogens is 1. The zero-order valence-electron chi connectivity index (χ0n) is 16.9. The summed E-state index contributed by atoms with van der Waals surface area (Å²) >= 11 is 1.50. The van der Waals surface area contributed by atoms with Crippen LogP contribution >= 0.6 is 11.3 Å². The predicted octanol–water partition coefficient (Wildman–Crippen LogP) is 3.23. The SMILES string of the molecule is Cc1cc(S(=O)(=O)N2CCN(C(=O)Cc3c(C)[nH]c4ccccc34)CC2)c(C)s1. The highest BCUT2D eigenvalue weighted by atomic mass is 32.2. The van der Waals surface area contributed by atoms with Crippen LogP contribution in [0.4, 0.5) is 0 Å². The normalized spacial score (nSPS) is 15.9. The van der Waals surface area contributed by atoms with Crippen molar-refractivity contribution in [2.24, 2.45) is 0 Å². The van der Waals surface area contributed by atoms with E-state index in [1.807, 2.05) is 45.0 Å². The summed E-state index contributed by atoms with van der Waals surface area (Å²) < 4.78 is 27.4. The van der Waals surface area contributed by atoms with Crippen molar-refractivity contribution in [3.8, 4) is 0 Å². The number of para-hydroxylation sites is 1. The van der Waals surface area contributed by atoms with E-state index >= 15 is 0 Å². The van der Waals surface area contributed by atoms with Crippen LogP contribution in [0.2, 0.25) is 0 Å². The lowest BCUT2D eigenvalue weighted by Crippen LogP contribution is -2.50. The smallest absolute Gasteiger partial charge is 0.244 e. The van der Waals surface area contributed by atoms with E-state index in [1.165, 1.54) is 15.6 Å². The molecule has 1 aromatic carbocycles. The number of aromatic amines is 1. The quantitative estimate of drug-likeness (QED) is 0.689. The number of rotatable bonds is 4. The maximum atomic E-state index is 13.0. The first-order valence-electron chi connectivity index (χ1n) is 9.68. The molecule has 1 fully saturated rings. The van der Waals surface area contributed by atoms with Gasteiger partial charge in [-0.1, -0.05) is 18.2 Å². The van der Waals surface area contributed by atoms with Crippen LogP contribution in [0.25, 0.3) is 10.9 Å². The van der Waals surface area contributed by atoms with Crippen LogP contribution < -0.4 is 0 Å². The van der Waals surface area contributed by atoms with Crippen molar-refractivity contribution < 1.29 is 13.2 Å². The van der Waals surface area contributed by atoms with Gasteiger partial charge in [0.15, 0.2) is 0 Å². The van der Waals surface area contributed by atoms with Gasteiger partial charge in [-0.2, -0.15) is 4.31 Å². The van der Waals surface area contributed by atoms with Gasteiger partial charge in [-0.05, 0) is 38.5 Å². The van der Waals surface area contributed by atoms with E-state index < -0.39 is 10.0 Å². The van der Waals surface area contributed by atoms with Gasteiger partial charge in [0.1, 0.15) is 0 Å². The van der Waals surface area contributed by atoms with Gasteiger partial charge >= 0.3 is 0 Å². The molecule has 0 spiro atoms. The fourth-order valence-electron chi connectivity index (χ4n) is 4.01. The van der Waals surface area contributed by atoms with Crippen molar-refractivity contribution in [2.75, 3.05) is 26.2 Å². The van der Waals surface area contributed by atoms with Gasteiger partial charge in [0.25, 0.3) is 0 Å². The number of benzene rings is 1. The molecule has 3 aromatic rings. The molecule has 0 radical (unpaired) electrons. The Kier molecular flexibility index (Phi) is 5.27. The Hall–Kier alpha value is -2.16. The minimum absolute atomic E-state index is 0.0393. The van der Waals surface area contributed by atoms with Crippen molar-refractivity contribution >= 4 is 38.2 Å². The van der Waals surface area contributed by atoms with Crippen LogP contribution in [0, 0.1) is 20.8 Å². The Morgan fingerprint density at radius 1 is 1.10 bits per heavy atom. The number of nitrogens with zero attached hydrogens (tertiary/aromatic N) is 2. The molecule has 8 heteroatoms. The Labute approximate surface area is 175 Å². The second-order valence-corrected chi connectivity index (χ2v) is 10.9. The number of hydrogen-bond acceptors (Lipinski definition) is 4. The molecule has 1 N–H and O–H groups in total. The molecule has 0 saturated carbocycles. The molecule has 6 nitrogen and oxygen atoms in total. The standard InChI is InChI=1S/C21H25N3O3S2/c1-14-12-20(16(3)28-14)29(26,27)24-10-8-23(9-11-24)21(25)13-18-15(2)22-19-7-5-4-6-17(18)19/h4-7,12,22H,8-11,13H2,1-3H3. The molecular weight excluding hydrogens is 406 g/mol. The van der Waals surface area contributed by atoms with E-state index in [0.717, 1.165) is 31.9 Å². The minimum atomic E-state index is -3.51. The van der Waals surface area contributed by atoms with Crippen LogP contribution in [-0.2, 0) is 21.2 Å². The second kappa shape index (κ2) is 7.59. The number of sulfonamides is 1. The minimum Gasteiger partial charge on any atom is -0.358 e. The summed E-state index contributed by atoms with van der Waals surface area (Å²) in [6.45, 7) is 7.24. The van der Waals surface area contributed by atoms with Gasteiger partial charge in [0.2, 0.25) is 15.9 Å². The van der Waals surface area contributed by atoms with E-state index in [2.05, 4.69) is 4.98 Å². The molecule has 0 atom stereocenters. The van der Waals surface area contributed by atoms with E-state index in [1.54, 1.807) is 11.0 Å². The van der Waals surface area contributed by atoms with Crippen LogP contribution in [-0.4, -0.2) is 54.7 Å². The van der Waals surface area contributed by atoms with Crippen molar-refractivity contribution in [3.63, 3.8) is 0 Å². The zero-order chi connectivity index (χ0) is 20.8. The second-order valence-electron chi connectivity index (χ2n) is 7.51. The predicted molar refractivity (Wildman–Crippen MR) is 116 cm³/mol. The van der Waals surface area contributed by atoms with Crippen molar-refractivity contribution in [1.82, 2.24) is 14.2 Å². The fraction of sp³-hybridized carbons (Fsp3) is 0.381. The summed E-state index contributed by atoms with van der Waals surface area (Å²) in [4.78, 5) is 20.2. The molecule has 154 valence electrons. The Bertz CT molecular complexity index is 1170. The number of amides is 1. The maximum Gasteiger partial charge on any atom is 0.244 e. The molecular formula is C21H25N3O3S2. The maximum absolute atomic E-state index is 13.0. The third-order valence-corrected chi connectivity index (χ3v) is 8.68. The first kappa shape index (κ1) is 20.1. The molecule has 1 amide bonds. The fourth-order valence-corrected chi connectivity index (χ4v) is 6.95. The summed E-state index contributed by atoms with van der Waals surface area (Å²) in [6.07, 6.45) is 0.325. The molecule has 1 saturated heterocycles. The molecule has 1 aliphatic rings. The number of nitrogens with one attached hydrogen (secondary N) is 1. The van der Waals surface area contributed by atoms with Gasteiger partial charge in [-0.15, -0.1) is 11.3 Å². The Balaban J connectivity index is 1.45. The number of hydrogen-bond donors (Lipinski definition) is 1. The molecule has 0 aliphatic carbocycles. The topological polar surface area (TPSA) is 73.5 Å². The van der Waals surface area contributed by atoms with Crippen molar-refractivity contribution in [1.29, 1.82) is 0 Å². The lowest BCUT2D eigenvalue weighted by molar-refractivity contribution is -0.131. The number of H-pyrrole nitrogens is 1. The molecule has 2 aromatic heterocycles. The zero-order valence-corrected chi connectivity index (χ0v) is 18.5. The lowest BCUT2D eigenvalue weighted by Gasteiger charge is -2.34. The van der Waals surface area contributed by atoms with E-state index in [-0.39, 0.29) is 5.91 Å². The number of thiophene rings is 1. The van der Waals surface area contributed by atoms with Gasteiger partial charge < -0.3 is 9.88 Å². The number of piperazine rings is 1. The molecule has 3 heterocycles. The van der Waals surface area contributed by atoms with Crippen molar-refractivity contribution in [2.45, 2.75) is 32.1 Å². The van der Waals surface area contributed by atoms with Crippen molar-refractivity contribution in [3.05, 3.63) is 51.3 Å². The molecule has 29 heavy (non-hydrogen) atoms. The van der Waals surface area contributed by atoms with Crippen LogP contribution in [0.1, 0.15) is 21.0 Å². The number of aryl methyl sites for hydroxylation is 3. The lowest BCUT2D eigenvalue weighted by atomic mass is 10.1. The van der Waals surface area contributed by atoms with E-state index in [4.69, 9.17) is 0 Å². The highest BCUT2D eigenvalue weighted by molar-refractivity contribution is 7.89.